The standard InChI is InChI=1S/C24H25ClF4N2O2S/c1-23(2,3)13-31-12-17(22(24(27,28)29)30-34(32,33)15-8-9-15)16-10-7-14(11-20(16)31)21-18(25)5-4-6-19(21)26/h4-7,10-12,15,22,30H,8-9,13H2,1-3H3. The molecule has 0 radical (unpaired) electrons. The lowest BCUT2D eigenvalue weighted by Gasteiger charge is -2.22. The van der Waals surface area contributed by atoms with Crippen molar-refractivity contribution in [2.45, 2.75) is 57.6 Å². The van der Waals surface area contributed by atoms with Crippen molar-refractivity contribution in [3.05, 3.63) is 59.0 Å². The largest absolute Gasteiger partial charge is 0.408 e. The van der Waals surface area contributed by atoms with Crippen molar-refractivity contribution in [3.8, 4) is 11.1 Å². The number of nitrogens with one attached hydrogen (secondary N) is 1. The molecule has 4 nitrogen and oxygen atoms in total. The lowest BCUT2D eigenvalue weighted by molar-refractivity contribution is -0.152. The van der Waals surface area contributed by atoms with Gasteiger partial charge in [0.2, 0.25) is 10.0 Å². The first-order valence-corrected chi connectivity index (χ1v) is 12.7. The van der Waals surface area contributed by atoms with Crippen LogP contribution in [0.4, 0.5) is 17.6 Å². The van der Waals surface area contributed by atoms with Gasteiger partial charge in [0.1, 0.15) is 11.9 Å². The highest BCUT2D eigenvalue weighted by Crippen LogP contribution is 2.42. The summed E-state index contributed by atoms with van der Waals surface area (Å²) in [5.74, 6) is -0.550. The van der Waals surface area contributed by atoms with Gasteiger partial charge in [-0.25, -0.2) is 12.8 Å². The van der Waals surface area contributed by atoms with E-state index in [1.807, 2.05) is 25.5 Å². The number of hydrogen-bond donors (Lipinski definition) is 1. The van der Waals surface area contributed by atoms with E-state index in [2.05, 4.69) is 0 Å². The number of hydrogen-bond acceptors (Lipinski definition) is 2. The molecule has 1 unspecified atom stereocenters. The van der Waals surface area contributed by atoms with Crippen molar-refractivity contribution in [1.82, 2.24) is 9.29 Å². The molecule has 0 amide bonds. The van der Waals surface area contributed by atoms with Crippen molar-refractivity contribution in [1.29, 1.82) is 0 Å². The summed E-state index contributed by atoms with van der Waals surface area (Å²) in [5.41, 5.74) is 0.509. The maximum absolute atomic E-state index is 14.5. The van der Waals surface area contributed by atoms with Gasteiger partial charge in [0.25, 0.3) is 0 Å². The zero-order chi connectivity index (χ0) is 25.1. The van der Waals surface area contributed by atoms with Crippen LogP contribution in [0.1, 0.15) is 45.2 Å². The molecule has 3 aromatic rings. The lowest BCUT2D eigenvalue weighted by Crippen LogP contribution is -2.39. The monoisotopic (exact) mass is 516 g/mol. The van der Waals surface area contributed by atoms with Gasteiger partial charge in [-0.15, -0.1) is 0 Å². The molecule has 184 valence electrons. The minimum atomic E-state index is -4.85. The minimum Gasteiger partial charge on any atom is -0.347 e. The molecule has 1 saturated carbocycles. The van der Waals surface area contributed by atoms with E-state index in [9.17, 15) is 26.0 Å². The first-order chi connectivity index (χ1) is 15.7. The molecular formula is C24H25ClF4N2O2S. The fourth-order valence-electron chi connectivity index (χ4n) is 4.07. The Kier molecular flexibility index (Phi) is 6.28. The predicted molar refractivity (Wildman–Crippen MR) is 126 cm³/mol. The van der Waals surface area contributed by atoms with Crippen LogP contribution in [-0.2, 0) is 16.6 Å². The van der Waals surface area contributed by atoms with Gasteiger partial charge < -0.3 is 4.57 Å². The number of rotatable bonds is 6. The highest BCUT2D eigenvalue weighted by molar-refractivity contribution is 7.90. The van der Waals surface area contributed by atoms with Gasteiger partial charge in [0, 0.05) is 34.8 Å². The number of aromatic nitrogens is 1. The molecule has 1 fully saturated rings. The average molecular weight is 517 g/mol. The van der Waals surface area contributed by atoms with E-state index in [-0.39, 0.29) is 27.0 Å². The highest BCUT2D eigenvalue weighted by Gasteiger charge is 2.47. The summed E-state index contributed by atoms with van der Waals surface area (Å²) >= 11 is 6.21. The molecule has 10 heteroatoms. The van der Waals surface area contributed by atoms with Gasteiger partial charge in [-0.3, -0.25) is 0 Å². The summed E-state index contributed by atoms with van der Waals surface area (Å²) in [6.07, 6.45) is -2.82. The second kappa shape index (κ2) is 8.53. The number of fused-ring (bicyclic) bond motifs is 1. The van der Waals surface area contributed by atoms with Crippen LogP contribution in [0.15, 0.2) is 42.6 Å². The minimum absolute atomic E-state index is 0.151. The Labute approximate surface area is 201 Å². The molecule has 1 atom stereocenters. The van der Waals surface area contributed by atoms with Gasteiger partial charge in [-0.2, -0.15) is 17.9 Å². The Bertz CT molecular complexity index is 1320. The zero-order valence-electron chi connectivity index (χ0n) is 18.9. The van der Waals surface area contributed by atoms with Crippen LogP contribution in [0.2, 0.25) is 5.02 Å². The summed E-state index contributed by atoms with van der Waals surface area (Å²) in [4.78, 5) is 0. The van der Waals surface area contributed by atoms with Crippen LogP contribution >= 0.6 is 11.6 Å². The van der Waals surface area contributed by atoms with Crippen LogP contribution in [0.3, 0.4) is 0 Å². The van der Waals surface area contributed by atoms with E-state index in [4.69, 9.17) is 11.6 Å². The molecule has 1 N–H and O–H groups in total. The third-order valence-corrected chi connectivity index (χ3v) is 7.92. The highest BCUT2D eigenvalue weighted by atomic mass is 35.5. The van der Waals surface area contributed by atoms with Crippen molar-refractivity contribution in [3.63, 3.8) is 0 Å². The van der Waals surface area contributed by atoms with E-state index in [1.54, 1.807) is 10.6 Å². The van der Waals surface area contributed by atoms with Crippen LogP contribution in [0, 0.1) is 11.2 Å². The Hall–Kier alpha value is -2.10. The maximum atomic E-state index is 14.5. The molecule has 0 aliphatic heterocycles. The summed E-state index contributed by atoms with van der Waals surface area (Å²) in [6, 6.07) is 6.43. The lowest BCUT2D eigenvalue weighted by atomic mass is 9.96. The molecule has 2 aromatic carbocycles. The molecule has 0 saturated heterocycles. The molecule has 0 bridgehead atoms. The quantitative estimate of drug-likeness (QED) is 0.365. The second-order valence-corrected chi connectivity index (χ2v) is 12.3. The van der Waals surface area contributed by atoms with Crippen LogP contribution in [0.5, 0.6) is 0 Å². The Morgan fingerprint density at radius 1 is 1.15 bits per heavy atom. The Morgan fingerprint density at radius 3 is 2.38 bits per heavy atom. The third-order valence-electron chi connectivity index (χ3n) is 5.69. The van der Waals surface area contributed by atoms with Crippen LogP contribution in [-0.4, -0.2) is 24.4 Å². The van der Waals surface area contributed by atoms with Crippen molar-refractivity contribution in [2.75, 3.05) is 0 Å². The van der Waals surface area contributed by atoms with Crippen molar-refractivity contribution in [2.24, 2.45) is 5.41 Å². The molecule has 0 spiro atoms. The van der Waals surface area contributed by atoms with Crippen molar-refractivity contribution < 1.29 is 26.0 Å². The molecule has 1 aliphatic rings. The predicted octanol–water partition coefficient (Wildman–Crippen LogP) is 6.83. The fraction of sp³-hybridized carbons (Fsp3) is 0.417. The van der Waals surface area contributed by atoms with Gasteiger partial charge in [0.05, 0.1) is 10.3 Å². The van der Waals surface area contributed by atoms with E-state index in [0.717, 1.165) is 0 Å². The Balaban J connectivity index is 1.91. The molecule has 1 heterocycles. The number of halogens is 5. The number of nitrogens with zero attached hydrogens (tertiary/aromatic N) is 1. The SMILES string of the molecule is CC(C)(C)Cn1cc(C(NS(=O)(=O)C2CC2)C(F)(F)F)c2ccc(-c3c(F)cccc3Cl)cc21. The topological polar surface area (TPSA) is 51.1 Å². The normalized spacial score (nSPS) is 16.2. The number of sulfonamides is 1. The van der Waals surface area contributed by atoms with E-state index >= 15 is 0 Å². The molecular weight excluding hydrogens is 492 g/mol. The van der Waals surface area contributed by atoms with Gasteiger partial charge in [-0.05, 0) is 42.0 Å². The van der Waals surface area contributed by atoms with Gasteiger partial charge in [0.15, 0.2) is 0 Å². The first kappa shape index (κ1) is 25.0. The fourth-order valence-corrected chi connectivity index (χ4v) is 5.88. The van der Waals surface area contributed by atoms with E-state index < -0.39 is 33.3 Å². The van der Waals surface area contributed by atoms with Crippen LogP contribution in [0.25, 0.3) is 22.0 Å². The van der Waals surface area contributed by atoms with E-state index in [0.29, 0.717) is 30.5 Å². The second-order valence-electron chi connectivity index (χ2n) is 9.94. The summed E-state index contributed by atoms with van der Waals surface area (Å²) in [6.45, 7) is 6.17. The summed E-state index contributed by atoms with van der Waals surface area (Å²) < 4.78 is 85.4. The Morgan fingerprint density at radius 2 is 1.82 bits per heavy atom. The summed E-state index contributed by atoms with van der Waals surface area (Å²) in [7, 11) is -4.12. The number of alkyl halides is 3. The third kappa shape index (κ3) is 5.11. The van der Waals surface area contributed by atoms with Crippen LogP contribution < -0.4 is 4.72 Å². The molecule has 1 aromatic heterocycles. The van der Waals surface area contributed by atoms with Crippen molar-refractivity contribution >= 4 is 32.5 Å². The van der Waals surface area contributed by atoms with E-state index in [1.165, 1.54) is 36.5 Å². The molecule has 34 heavy (non-hydrogen) atoms. The molecule has 4 rings (SSSR count). The maximum Gasteiger partial charge on any atom is 0.408 e. The summed E-state index contributed by atoms with van der Waals surface area (Å²) in [5, 5.41) is -0.379. The first-order valence-electron chi connectivity index (χ1n) is 10.8. The smallest absolute Gasteiger partial charge is 0.347 e. The van der Waals surface area contributed by atoms with Gasteiger partial charge >= 0.3 is 6.18 Å². The average Bonchev–Trinajstić information content (AvgIpc) is 3.50. The molecule has 1 aliphatic carbocycles. The number of benzene rings is 2. The van der Waals surface area contributed by atoms with Gasteiger partial charge in [-0.1, -0.05) is 50.6 Å². The zero-order valence-corrected chi connectivity index (χ0v) is 20.5.